The smallest absolute Gasteiger partial charge is 0.180 e. The van der Waals surface area contributed by atoms with Gasteiger partial charge in [-0.3, -0.25) is 0 Å². The Bertz CT molecular complexity index is 2810. The maximum Gasteiger partial charge on any atom is 0.180 e. The van der Waals surface area contributed by atoms with Crippen molar-refractivity contribution in [2.75, 3.05) is 0 Å². The molecular weight excluding hydrogens is 635 g/mol. The van der Waals surface area contributed by atoms with Crippen LogP contribution in [0.5, 0.6) is 0 Å². The third-order valence-electron chi connectivity index (χ3n) is 10.5. The molecule has 0 aliphatic heterocycles. The number of fused-ring (bicyclic) bond motifs is 6. The van der Waals surface area contributed by atoms with Crippen LogP contribution in [0.4, 0.5) is 0 Å². The van der Waals surface area contributed by atoms with Gasteiger partial charge in [-0.05, 0) is 74.3 Å². The summed E-state index contributed by atoms with van der Waals surface area (Å²) in [5, 5.41) is 10.2. The van der Waals surface area contributed by atoms with Gasteiger partial charge in [0, 0.05) is 27.2 Å². The maximum atomic E-state index is 6.52. The molecule has 51 heavy (non-hydrogen) atoms. The highest BCUT2D eigenvalue weighted by Crippen LogP contribution is 2.35. The van der Waals surface area contributed by atoms with Crippen LogP contribution in [0.15, 0.2) is 205 Å². The standard InChI is InChI=1S/C48H33NOSi/c1-4-17-36(18-5-1)49-43-26-12-10-24-40(43)42-33-35(30-31-44(42)49)34-16-14-23-39(32-34)51(37-19-6-2-7-20-37,38-21-8-3-9-22-38)47-29-15-28-46-48(47)41-25-11-13-27-45(41)50-46/h1-33H. The van der Waals surface area contributed by atoms with Gasteiger partial charge in [0.2, 0.25) is 0 Å². The Hall–Kier alpha value is -6.42. The predicted molar refractivity (Wildman–Crippen MR) is 217 cm³/mol. The van der Waals surface area contributed by atoms with Crippen molar-refractivity contribution in [3.8, 4) is 16.8 Å². The molecule has 0 radical (unpaired) electrons. The first-order valence-corrected chi connectivity index (χ1v) is 19.5. The molecule has 3 heteroatoms. The number of nitrogens with zero attached hydrogens (tertiary/aromatic N) is 1. The van der Waals surface area contributed by atoms with Crippen molar-refractivity contribution < 1.29 is 4.42 Å². The molecule has 10 rings (SSSR count). The van der Waals surface area contributed by atoms with E-state index in [4.69, 9.17) is 4.42 Å². The number of benzene rings is 8. The average Bonchev–Trinajstić information content (AvgIpc) is 3.75. The van der Waals surface area contributed by atoms with Crippen molar-refractivity contribution in [3.05, 3.63) is 200 Å². The zero-order valence-corrected chi connectivity index (χ0v) is 28.9. The quantitative estimate of drug-likeness (QED) is 0.128. The highest BCUT2D eigenvalue weighted by Gasteiger charge is 2.43. The van der Waals surface area contributed by atoms with Crippen molar-refractivity contribution in [1.29, 1.82) is 0 Å². The number of aromatic nitrogens is 1. The lowest BCUT2D eigenvalue weighted by molar-refractivity contribution is 0.669. The first kappa shape index (κ1) is 29.5. The van der Waals surface area contributed by atoms with Gasteiger partial charge in [-0.15, -0.1) is 0 Å². The fourth-order valence-electron chi connectivity index (χ4n) is 8.37. The van der Waals surface area contributed by atoms with E-state index in [1.165, 1.54) is 64.8 Å². The van der Waals surface area contributed by atoms with Gasteiger partial charge < -0.3 is 8.98 Å². The molecule has 2 aromatic heterocycles. The van der Waals surface area contributed by atoms with Gasteiger partial charge >= 0.3 is 0 Å². The first-order valence-electron chi connectivity index (χ1n) is 17.5. The lowest BCUT2D eigenvalue weighted by Crippen LogP contribution is -2.74. The summed E-state index contributed by atoms with van der Waals surface area (Å²) in [6.07, 6.45) is 0. The zero-order valence-electron chi connectivity index (χ0n) is 27.9. The van der Waals surface area contributed by atoms with Gasteiger partial charge in [0.05, 0.1) is 11.0 Å². The van der Waals surface area contributed by atoms with Crippen molar-refractivity contribution in [3.63, 3.8) is 0 Å². The molecule has 0 bridgehead atoms. The summed E-state index contributed by atoms with van der Waals surface area (Å²) in [4.78, 5) is 0. The molecule has 0 amide bonds. The monoisotopic (exact) mass is 667 g/mol. The van der Waals surface area contributed by atoms with E-state index in [9.17, 15) is 0 Å². The van der Waals surface area contributed by atoms with Crippen LogP contribution in [-0.2, 0) is 0 Å². The molecule has 0 N–H and O–H groups in total. The van der Waals surface area contributed by atoms with Crippen LogP contribution in [-0.4, -0.2) is 12.6 Å². The van der Waals surface area contributed by atoms with Crippen LogP contribution in [0.2, 0.25) is 0 Å². The van der Waals surface area contributed by atoms with E-state index in [0.717, 1.165) is 16.6 Å². The minimum absolute atomic E-state index is 0.917. The minimum atomic E-state index is -2.91. The SMILES string of the molecule is c1ccc(-n2c3ccccc3c3cc(-c4cccc([Si](c5ccccc5)(c5ccccc5)c5cccc6oc7ccccc7c56)c4)ccc32)cc1. The minimum Gasteiger partial charge on any atom is -0.456 e. The Morgan fingerprint density at radius 2 is 0.941 bits per heavy atom. The summed E-state index contributed by atoms with van der Waals surface area (Å²) in [5.41, 5.74) is 7.84. The van der Waals surface area contributed by atoms with Gasteiger partial charge in [-0.1, -0.05) is 158 Å². The summed E-state index contributed by atoms with van der Waals surface area (Å²) >= 11 is 0. The molecule has 0 saturated carbocycles. The molecule has 0 spiro atoms. The van der Waals surface area contributed by atoms with Gasteiger partial charge in [0.15, 0.2) is 8.07 Å². The van der Waals surface area contributed by atoms with E-state index in [1.54, 1.807) is 0 Å². The Morgan fingerprint density at radius 3 is 1.71 bits per heavy atom. The Balaban J connectivity index is 1.26. The fourth-order valence-corrected chi connectivity index (χ4v) is 13.4. The van der Waals surface area contributed by atoms with E-state index in [1.807, 2.05) is 0 Å². The van der Waals surface area contributed by atoms with Crippen LogP contribution in [0.3, 0.4) is 0 Å². The first-order chi connectivity index (χ1) is 25.3. The summed E-state index contributed by atoms with van der Waals surface area (Å²) in [6.45, 7) is 0. The Kier molecular flexibility index (Phi) is 6.86. The molecule has 8 aromatic carbocycles. The van der Waals surface area contributed by atoms with Crippen molar-refractivity contribution in [2.24, 2.45) is 0 Å². The highest BCUT2D eigenvalue weighted by molar-refractivity contribution is 7.20. The second-order valence-electron chi connectivity index (χ2n) is 13.3. The average molecular weight is 668 g/mol. The van der Waals surface area contributed by atoms with Crippen LogP contribution in [0.1, 0.15) is 0 Å². The van der Waals surface area contributed by atoms with Crippen LogP contribution in [0, 0.1) is 0 Å². The van der Waals surface area contributed by atoms with E-state index in [0.29, 0.717) is 0 Å². The largest absolute Gasteiger partial charge is 0.456 e. The summed E-state index contributed by atoms with van der Waals surface area (Å²) in [6, 6.07) is 73.2. The zero-order chi connectivity index (χ0) is 33.8. The second kappa shape index (κ2) is 11.9. The van der Waals surface area contributed by atoms with Crippen LogP contribution < -0.4 is 20.7 Å². The third kappa shape index (κ3) is 4.56. The topological polar surface area (TPSA) is 18.1 Å². The molecule has 240 valence electrons. The van der Waals surface area contributed by atoms with Gasteiger partial charge in [-0.2, -0.15) is 0 Å². The maximum absolute atomic E-state index is 6.52. The normalized spacial score (nSPS) is 11.9. The number of hydrogen-bond donors (Lipinski definition) is 0. The van der Waals surface area contributed by atoms with Gasteiger partial charge in [0.25, 0.3) is 0 Å². The summed E-state index contributed by atoms with van der Waals surface area (Å²) in [7, 11) is -2.91. The molecule has 2 nitrogen and oxygen atoms in total. The molecular formula is C48H33NOSi. The number of para-hydroxylation sites is 3. The molecule has 0 unspecified atom stereocenters. The van der Waals surface area contributed by atoms with Crippen LogP contribution >= 0.6 is 0 Å². The highest BCUT2D eigenvalue weighted by atomic mass is 28.3. The third-order valence-corrected chi connectivity index (χ3v) is 15.3. The lowest BCUT2D eigenvalue weighted by Gasteiger charge is -2.35. The van der Waals surface area contributed by atoms with E-state index in [2.05, 4.69) is 205 Å². The summed E-state index contributed by atoms with van der Waals surface area (Å²) < 4.78 is 8.90. The van der Waals surface area contributed by atoms with E-state index >= 15 is 0 Å². The molecule has 0 fully saturated rings. The molecule has 0 atom stereocenters. The van der Waals surface area contributed by atoms with Gasteiger partial charge in [-0.25, -0.2) is 0 Å². The Morgan fingerprint density at radius 1 is 0.373 bits per heavy atom. The Labute approximate surface area is 297 Å². The van der Waals surface area contributed by atoms with Gasteiger partial charge in [0.1, 0.15) is 11.2 Å². The number of furan rings is 1. The number of rotatable bonds is 6. The van der Waals surface area contributed by atoms with Crippen LogP contribution in [0.25, 0.3) is 60.6 Å². The van der Waals surface area contributed by atoms with E-state index in [-0.39, 0.29) is 0 Å². The fraction of sp³-hybridized carbons (Fsp3) is 0. The summed E-state index contributed by atoms with van der Waals surface area (Å²) in [5.74, 6) is 0. The number of hydrogen-bond acceptors (Lipinski definition) is 1. The molecule has 10 aromatic rings. The lowest BCUT2D eigenvalue weighted by atomic mass is 10.0. The second-order valence-corrected chi connectivity index (χ2v) is 17.0. The van der Waals surface area contributed by atoms with E-state index < -0.39 is 8.07 Å². The molecule has 0 aliphatic rings. The molecule has 2 heterocycles. The van der Waals surface area contributed by atoms with Crippen molar-refractivity contribution in [2.45, 2.75) is 0 Å². The van der Waals surface area contributed by atoms with Crippen molar-refractivity contribution in [1.82, 2.24) is 4.57 Å². The molecule has 0 aliphatic carbocycles. The van der Waals surface area contributed by atoms with Crippen molar-refractivity contribution >= 4 is 72.6 Å². The predicted octanol–water partition coefficient (Wildman–Crippen LogP) is 9.73. The molecule has 0 saturated heterocycles.